The van der Waals surface area contributed by atoms with Crippen LogP contribution >= 0.6 is 0 Å². The van der Waals surface area contributed by atoms with Gasteiger partial charge in [0, 0.05) is 32.7 Å². The Bertz CT molecular complexity index is 429. The molecule has 0 fully saturated rings. The van der Waals surface area contributed by atoms with Gasteiger partial charge in [-0.05, 0) is 18.2 Å². The van der Waals surface area contributed by atoms with E-state index in [9.17, 15) is 4.79 Å². The van der Waals surface area contributed by atoms with Crippen LogP contribution in [-0.2, 0) is 0 Å². The maximum atomic E-state index is 11.8. The van der Waals surface area contributed by atoms with E-state index in [0.717, 1.165) is 0 Å². The molecule has 1 aromatic rings. The minimum absolute atomic E-state index is 0.0299. The summed E-state index contributed by atoms with van der Waals surface area (Å²) in [4.78, 5) is 15.1. The van der Waals surface area contributed by atoms with Crippen molar-refractivity contribution in [2.75, 3.05) is 51.0 Å². The molecular formula is C13H21N3O3. The third-order valence-electron chi connectivity index (χ3n) is 2.76. The normalized spacial score (nSPS) is 10.3. The van der Waals surface area contributed by atoms with E-state index in [1.165, 1.54) is 4.90 Å². The van der Waals surface area contributed by atoms with E-state index in [-0.39, 0.29) is 19.1 Å². The Morgan fingerprint density at radius 2 is 1.79 bits per heavy atom. The van der Waals surface area contributed by atoms with E-state index in [2.05, 4.69) is 0 Å². The first-order chi connectivity index (χ1) is 9.01. The zero-order valence-electron chi connectivity index (χ0n) is 11.3. The van der Waals surface area contributed by atoms with Gasteiger partial charge in [0.2, 0.25) is 0 Å². The van der Waals surface area contributed by atoms with Crippen molar-refractivity contribution in [2.45, 2.75) is 0 Å². The highest BCUT2D eigenvalue weighted by atomic mass is 16.3. The largest absolute Gasteiger partial charge is 0.397 e. The minimum Gasteiger partial charge on any atom is -0.397 e. The average Bonchev–Trinajstić information content (AvgIpc) is 2.37. The van der Waals surface area contributed by atoms with Crippen molar-refractivity contribution in [3.63, 3.8) is 0 Å². The Balaban J connectivity index is 3.01. The Hall–Kier alpha value is -1.79. The first-order valence-corrected chi connectivity index (χ1v) is 6.09. The SMILES string of the molecule is CN(C)C(=O)c1ccc(N(CCO)CCO)c(N)c1. The summed E-state index contributed by atoms with van der Waals surface area (Å²) in [5.74, 6) is -0.117. The number of hydrogen-bond acceptors (Lipinski definition) is 5. The second-order valence-electron chi connectivity index (χ2n) is 4.41. The summed E-state index contributed by atoms with van der Waals surface area (Å²) in [6, 6.07) is 5.03. The van der Waals surface area contributed by atoms with Crippen LogP contribution in [0.25, 0.3) is 0 Å². The number of carbonyl (C=O) groups excluding carboxylic acids is 1. The Morgan fingerprint density at radius 1 is 1.21 bits per heavy atom. The Labute approximate surface area is 113 Å². The number of carbonyl (C=O) groups is 1. The van der Waals surface area contributed by atoms with Crippen LogP contribution in [0.2, 0.25) is 0 Å². The summed E-state index contributed by atoms with van der Waals surface area (Å²) in [7, 11) is 3.35. The highest BCUT2D eigenvalue weighted by molar-refractivity contribution is 5.95. The minimum atomic E-state index is -0.117. The highest BCUT2D eigenvalue weighted by Gasteiger charge is 2.13. The van der Waals surface area contributed by atoms with E-state index < -0.39 is 0 Å². The lowest BCUT2D eigenvalue weighted by molar-refractivity contribution is 0.0827. The third kappa shape index (κ3) is 3.84. The van der Waals surface area contributed by atoms with Gasteiger partial charge in [0.05, 0.1) is 24.6 Å². The van der Waals surface area contributed by atoms with E-state index in [4.69, 9.17) is 15.9 Å². The number of aliphatic hydroxyl groups excluding tert-OH is 2. The van der Waals surface area contributed by atoms with E-state index in [0.29, 0.717) is 30.0 Å². The Morgan fingerprint density at radius 3 is 2.21 bits per heavy atom. The predicted molar refractivity (Wildman–Crippen MR) is 75.3 cm³/mol. The number of nitrogens with two attached hydrogens (primary N) is 1. The number of nitrogen functional groups attached to an aromatic ring is 1. The van der Waals surface area contributed by atoms with Crippen LogP contribution in [0.15, 0.2) is 18.2 Å². The first kappa shape index (κ1) is 15.3. The monoisotopic (exact) mass is 267 g/mol. The molecule has 0 saturated heterocycles. The van der Waals surface area contributed by atoms with E-state index in [1.807, 2.05) is 0 Å². The van der Waals surface area contributed by atoms with Gasteiger partial charge >= 0.3 is 0 Å². The van der Waals surface area contributed by atoms with Gasteiger partial charge in [0.25, 0.3) is 5.91 Å². The summed E-state index contributed by atoms with van der Waals surface area (Å²) in [6.45, 7) is 0.701. The van der Waals surface area contributed by atoms with Crippen molar-refractivity contribution in [1.82, 2.24) is 4.90 Å². The molecule has 0 spiro atoms. The summed E-state index contributed by atoms with van der Waals surface area (Å²) >= 11 is 0. The lowest BCUT2D eigenvalue weighted by Gasteiger charge is -2.25. The topological polar surface area (TPSA) is 90.0 Å². The second kappa shape index (κ2) is 6.96. The number of anilines is 2. The smallest absolute Gasteiger partial charge is 0.253 e. The van der Waals surface area contributed by atoms with Crippen molar-refractivity contribution < 1.29 is 15.0 Å². The molecule has 0 atom stereocenters. The molecule has 1 rings (SSSR count). The molecule has 6 heteroatoms. The zero-order chi connectivity index (χ0) is 14.4. The van der Waals surface area contributed by atoms with Crippen LogP contribution in [0.1, 0.15) is 10.4 Å². The van der Waals surface area contributed by atoms with Crippen LogP contribution in [-0.4, -0.2) is 61.4 Å². The van der Waals surface area contributed by atoms with Crippen LogP contribution in [0.5, 0.6) is 0 Å². The number of hydrogen-bond donors (Lipinski definition) is 3. The molecule has 4 N–H and O–H groups in total. The Kier molecular flexibility index (Phi) is 5.59. The number of benzene rings is 1. The van der Waals surface area contributed by atoms with Gasteiger partial charge in [-0.2, -0.15) is 0 Å². The second-order valence-corrected chi connectivity index (χ2v) is 4.41. The summed E-state index contributed by atoms with van der Waals surface area (Å²) < 4.78 is 0. The van der Waals surface area contributed by atoms with Crippen LogP contribution in [0.4, 0.5) is 11.4 Å². The van der Waals surface area contributed by atoms with Gasteiger partial charge in [0.15, 0.2) is 0 Å². The molecule has 19 heavy (non-hydrogen) atoms. The molecule has 0 aliphatic heterocycles. The highest BCUT2D eigenvalue weighted by Crippen LogP contribution is 2.24. The lowest BCUT2D eigenvalue weighted by atomic mass is 10.1. The first-order valence-electron chi connectivity index (χ1n) is 6.09. The quantitative estimate of drug-likeness (QED) is 0.619. The fourth-order valence-corrected chi connectivity index (χ4v) is 1.83. The molecule has 0 heterocycles. The number of nitrogens with zero attached hydrogens (tertiary/aromatic N) is 2. The molecule has 0 saturated carbocycles. The fourth-order valence-electron chi connectivity index (χ4n) is 1.83. The maximum Gasteiger partial charge on any atom is 0.253 e. The number of amides is 1. The van der Waals surface area contributed by atoms with E-state index >= 15 is 0 Å². The maximum absolute atomic E-state index is 11.8. The van der Waals surface area contributed by atoms with Crippen LogP contribution in [0.3, 0.4) is 0 Å². The van der Waals surface area contributed by atoms with Gasteiger partial charge < -0.3 is 25.7 Å². The van der Waals surface area contributed by atoms with Crippen LogP contribution in [0, 0.1) is 0 Å². The molecule has 106 valence electrons. The lowest BCUT2D eigenvalue weighted by Crippen LogP contribution is -2.30. The predicted octanol–water partition coefficient (Wildman–Crippen LogP) is -0.238. The zero-order valence-corrected chi connectivity index (χ0v) is 11.3. The number of rotatable bonds is 6. The molecule has 0 aliphatic carbocycles. The van der Waals surface area contributed by atoms with Crippen molar-refractivity contribution in [2.24, 2.45) is 0 Å². The molecule has 1 aromatic carbocycles. The molecule has 0 bridgehead atoms. The molecule has 0 unspecified atom stereocenters. The molecule has 0 aromatic heterocycles. The van der Waals surface area contributed by atoms with E-state index in [1.54, 1.807) is 37.2 Å². The summed E-state index contributed by atoms with van der Waals surface area (Å²) in [6.07, 6.45) is 0. The van der Waals surface area contributed by atoms with Gasteiger partial charge in [-0.3, -0.25) is 4.79 Å². The third-order valence-corrected chi connectivity index (χ3v) is 2.76. The fraction of sp³-hybridized carbons (Fsp3) is 0.462. The molecule has 0 aliphatic rings. The van der Waals surface area contributed by atoms with Crippen molar-refractivity contribution in [3.8, 4) is 0 Å². The molecule has 6 nitrogen and oxygen atoms in total. The molecule has 1 amide bonds. The standard InChI is InChI=1S/C13H21N3O3/c1-15(2)13(19)10-3-4-12(11(14)9-10)16(5-7-17)6-8-18/h3-4,9,17-18H,5-8,14H2,1-2H3. The van der Waals surface area contributed by atoms with Crippen molar-refractivity contribution in [1.29, 1.82) is 0 Å². The van der Waals surface area contributed by atoms with Gasteiger partial charge in [-0.25, -0.2) is 0 Å². The van der Waals surface area contributed by atoms with Crippen molar-refractivity contribution >= 4 is 17.3 Å². The molecular weight excluding hydrogens is 246 g/mol. The van der Waals surface area contributed by atoms with Gasteiger partial charge in [-0.15, -0.1) is 0 Å². The molecule has 0 radical (unpaired) electrons. The van der Waals surface area contributed by atoms with Gasteiger partial charge in [0.1, 0.15) is 0 Å². The summed E-state index contributed by atoms with van der Waals surface area (Å²) in [5, 5.41) is 18.0. The van der Waals surface area contributed by atoms with Crippen LogP contribution < -0.4 is 10.6 Å². The van der Waals surface area contributed by atoms with Crippen molar-refractivity contribution in [3.05, 3.63) is 23.8 Å². The average molecular weight is 267 g/mol. The number of aliphatic hydroxyl groups is 2. The van der Waals surface area contributed by atoms with Gasteiger partial charge in [-0.1, -0.05) is 0 Å². The summed E-state index contributed by atoms with van der Waals surface area (Å²) in [5.41, 5.74) is 7.62.